The average Bonchev–Trinajstić information content (AvgIpc) is 3.08. The number of carbonyl (C=O) groups excluding carboxylic acids is 2. The molecule has 0 aliphatic carbocycles. The molecular weight excluding hydrogens is 465 g/mol. The van der Waals surface area contributed by atoms with Crippen molar-refractivity contribution in [2.24, 2.45) is 0 Å². The number of carbonyl (C=O) groups is 2. The summed E-state index contributed by atoms with van der Waals surface area (Å²) in [7, 11) is 1.62. The lowest BCUT2D eigenvalue weighted by Gasteiger charge is -2.24. The van der Waals surface area contributed by atoms with Crippen LogP contribution in [-0.2, 0) is 22.6 Å². The number of anilines is 1. The van der Waals surface area contributed by atoms with Crippen molar-refractivity contribution in [1.29, 1.82) is 0 Å². The predicted octanol–water partition coefficient (Wildman–Crippen LogP) is 4.40. The summed E-state index contributed by atoms with van der Waals surface area (Å²) in [6.45, 7) is 0.824. The molecule has 1 N–H and O–H groups in total. The second-order valence-corrected chi connectivity index (χ2v) is 8.62. The Morgan fingerprint density at radius 1 is 1.00 bits per heavy atom. The number of amides is 2. The highest BCUT2D eigenvalue weighted by atomic mass is 32.1. The van der Waals surface area contributed by atoms with E-state index in [0.717, 1.165) is 16.9 Å². The minimum Gasteiger partial charge on any atom is -0.497 e. The number of methoxy groups -OCH3 is 1. The van der Waals surface area contributed by atoms with Crippen LogP contribution in [0.1, 0.15) is 17.5 Å². The van der Waals surface area contributed by atoms with E-state index >= 15 is 0 Å². The monoisotopic (exact) mass is 491 g/mol. The Labute approximate surface area is 209 Å². The Bertz CT molecular complexity index is 1190. The number of thiocarbonyl (C=S) groups is 1. The second kappa shape index (κ2) is 11.1. The van der Waals surface area contributed by atoms with Crippen molar-refractivity contribution < 1.29 is 18.7 Å². The van der Waals surface area contributed by atoms with E-state index < -0.39 is 6.04 Å². The van der Waals surface area contributed by atoms with Crippen molar-refractivity contribution in [3.8, 4) is 5.75 Å². The molecule has 1 aliphatic heterocycles. The zero-order valence-electron chi connectivity index (χ0n) is 19.3. The highest BCUT2D eigenvalue weighted by Gasteiger charge is 2.43. The topological polar surface area (TPSA) is 61.9 Å². The minimum absolute atomic E-state index is 0.0652. The van der Waals surface area contributed by atoms with Crippen molar-refractivity contribution in [2.45, 2.75) is 25.4 Å². The summed E-state index contributed by atoms with van der Waals surface area (Å²) >= 11 is 5.70. The molecule has 1 heterocycles. The molecule has 2 amide bonds. The molecule has 0 radical (unpaired) electrons. The number of rotatable bonds is 9. The van der Waals surface area contributed by atoms with Crippen LogP contribution >= 0.6 is 12.2 Å². The lowest BCUT2D eigenvalue weighted by atomic mass is 10.1. The zero-order valence-corrected chi connectivity index (χ0v) is 20.1. The molecule has 0 spiro atoms. The van der Waals surface area contributed by atoms with E-state index in [1.807, 2.05) is 59.5 Å². The van der Waals surface area contributed by atoms with Gasteiger partial charge >= 0.3 is 0 Å². The smallest absolute Gasteiger partial charge is 0.252 e. The van der Waals surface area contributed by atoms with Gasteiger partial charge in [-0.3, -0.25) is 14.5 Å². The minimum atomic E-state index is -0.718. The molecule has 1 fully saturated rings. The fourth-order valence-electron chi connectivity index (χ4n) is 4.02. The third kappa shape index (κ3) is 6.02. The molecule has 6 nitrogen and oxygen atoms in total. The fourth-order valence-corrected chi connectivity index (χ4v) is 4.39. The van der Waals surface area contributed by atoms with Gasteiger partial charge in [0.1, 0.15) is 17.6 Å². The van der Waals surface area contributed by atoms with Gasteiger partial charge < -0.3 is 15.0 Å². The number of halogens is 1. The van der Waals surface area contributed by atoms with Gasteiger partial charge in [-0.25, -0.2) is 4.39 Å². The van der Waals surface area contributed by atoms with Crippen molar-refractivity contribution >= 4 is 34.8 Å². The molecule has 3 aromatic carbocycles. The van der Waals surface area contributed by atoms with Crippen molar-refractivity contribution in [3.63, 3.8) is 0 Å². The van der Waals surface area contributed by atoms with Gasteiger partial charge in [0.2, 0.25) is 5.91 Å². The lowest BCUT2D eigenvalue weighted by Crippen LogP contribution is -2.39. The molecule has 1 unspecified atom stereocenters. The Kier molecular flexibility index (Phi) is 7.72. The van der Waals surface area contributed by atoms with Crippen molar-refractivity contribution in [3.05, 3.63) is 95.8 Å². The summed E-state index contributed by atoms with van der Waals surface area (Å²) < 4.78 is 18.4. The van der Waals surface area contributed by atoms with Gasteiger partial charge in [-0.2, -0.15) is 0 Å². The van der Waals surface area contributed by atoms with E-state index in [-0.39, 0.29) is 24.1 Å². The van der Waals surface area contributed by atoms with Crippen molar-refractivity contribution in [2.75, 3.05) is 19.0 Å². The molecule has 0 aromatic heterocycles. The van der Waals surface area contributed by atoms with Crippen LogP contribution in [0.2, 0.25) is 0 Å². The number of nitrogens with one attached hydrogen (secondary N) is 1. The highest BCUT2D eigenvalue weighted by Crippen LogP contribution is 2.24. The van der Waals surface area contributed by atoms with Gasteiger partial charge in [-0.15, -0.1) is 0 Å². The van der Waals surface area contributed by atoms with Crippen LogP contribution in [0.3, 0.4) is 0 Å². The maximum atomic E-state index is 13.4. The standard InChI is InChI=1S/C27H26FN3O3S/c1-34-23-13-7-19(8-14-23)15-16-30-24(17-25(32)29-22-11-9-21(28)10-12-22)26(33)31(27(30)35)18-20-5-3-2-4-6-20/h2-14,24H,15-18H2,1H3,(H,29,32). The van der Waals surface area contributed by atoms with Gasteiger partial charge in [-0.1, -0.05) is 42.5 Å². The third-order valence-corrected chi connectivity index (χ3v) is 6.35. The van der Waals surface area contributed by atoms with Crippen LogP contribution in [0.15, 0.2) is 78.9 Å². The number of hydrogen-bond donors (Lipinski definition) is 1. The van der Waals surface area contributed by atoms with Crippen LogP contribution < -0.4 is 10.1 Å². The third-order valence-electron chi connectivity index (χ3n) is 5.89. The number of hydrogen-bond acceptors (Lipinski definition) is 4. The normalized spacial score (nSPS) is 15.4. The van der Waals surface area contributed by atoms with Gasteiger partial charge in [0.15, 0.2) is 5.11 Å². The maximum absolute atomic E-state index is 13.4. The summed E-state index contributed by atoms with van der Waals surface area (Å²) in [6, 6.07) is 22.1. The molecule has 1 saturated heterocycles. The Balaban J connectivity index is 1.50. The van der Waals surface area contributed by atoms with Crippen LogP contribution in [0.5, 0.6) is 5.75 Å². The summed E-state index contributed by atoms with van der Waals surface area (Å²) in [5.74, 6) is -0.165. The molecule has 4 rings (SSSR count). The van der Waals surface area contributed by atoms with Gasteiger partial charge in [0, 0.05) is 12.2 Å². The quantitative estimate of drug-likeness (QED) is 0.450. The van der Waals surface area contributed by atoms with Crippen LogP contribution in [-0.4, -0.2) is 46.4 Å². The zero-order chi connectivity index (χ0) is 24.8. The first-order valence-electron chi connectivity index (χ1n) is 11.3. The van der Waals surface area contributed by atoms with Gasteiger partial charge in [0.25, 0.3) is 5.91 Å². The molecule has 180 valence electrons. The molecule has 8 heteroatoms. The highest BCUT2D eigenvalue weighted by molar-refractivity contribution is 7.80. The van der Waals surface area contributed by atoms with E-state index in [9.17, 15) is 14.0 Å². The molecule has 1 aliphatic rings. The van der Waals surface area contributed by atoms with E-state index in [1.54, 1.807) is 12.0 Å². The maximum Gasteiger partial charge on any atom is 0.252 e. The van der Waals surface area contributed by atoms with E-state index in [0.29, 0.717) is 30.3 Å². The summed E-state index contributed by atoms with van der Waals surface area (Å²) in [4.78, 5) is 29.6. The van der Waals surface area contributed by atoms with Crippen LogP contribution in [0, 0.1) is 5.82 Å². The van der Waals surface area contributed by atoms with E-state index in [2.05, 4.69) is 5.32 Å². The molecule has 0 saturated carbocycles. The summed E-state index contributed by atoms with van der Waals surface area (Å²) in [5.41, 5.74) is 2.49. The summed E-state index contributed by atoms with van der Waals surface area (Å²) in [5, 5.41) is 3.15. The average molecular weight is 492 g/mol. The number of nitrogens with zero attached hydrogens (tertiary/aromatic N) is 2. The van der Waals surface area contributed by atoms with Gasteiger partial charge in [0.05, 0.1) is 20.1 Å². The van der Waals surface area contributed by atoms with E-state index in [4.69, 9.17) is 17.0 Å². The molecule has 3 aromatic rings. The molecule has 0 bridgehead atoms. The number of ether oxygens (including phenoxy) is 1. The first-order valence-corrected chi connectivity index (χ1v) is 11.7. The van der Waals surface area contributed by atoms with Crippen molar-refractivity contribution in [1.82, 2.24) is 9.80 Å². The molecule has 1 atom stereocenters. The largest absolute Gasteiger partial charge is 0.497 e. The number of benzene rings is 3. The predicted molar refractivity (Wildman–Crippen MR) is 136 cm³/mol. The molecular formula is C27H26FN3O3S. The Hall–Kier alpha value is -3.78. The first-order chi connectivity index (χ1) is 16.9. The van der Waals surface area contributed by atoms with E-state index in [1.165, 1.54) is 24.3 Å². The second-order valence-electron chi connectivity index (χ2n) is 8.26. The molecule has 35 heavy (non-hydrogen) atoms. The summed E-state index contributed by atoms with van der Waals surface area (Å²) in [6.07, 6.45) is 0.580. The SMILES string of the molecule is COc1ccc(CCN2C(=S)N(Cc3ccccc3)C(=O)C2CC(=O)Nc2ccc(F)cc2)cc1. The lowest BCUT2D eigenvalue weighted by molar-refractivity contribution is -0.131. The fraction of sp³-hybridized carbons (Fsp3) is 0.222. The first kappa shape index (κ1) is 24.3. The van der Waals surface area contributed by atoms with Crippen LogP contribution in [0.4, 0.5) is 10.1 Å². The van der Waals surface area contributed by atoms with Crippen LogP contribution in [0.25, 0.3) is 0 Å². The Morgan fingerprint density at radius 2 is 1.69 bits per heavy atom. The van der Waals surface area contributed by atoms with Gasteiger partial charge in [-0.05, 0) is 66.2 Å². The Morgan fingerprint density at radius 3 is 2.34 bits per heavy atom.